The van der Waals surface area contributed by atoms with Crippen molar-refractivity contribution in [2.24, 2.45) is 0 Å². The third-order valence-electron chi connectivity index (χ3n) is 2.84. The van der Waals surface area contributed by atoms with Gasteiger partial charge in [0.1, 0.15) is 0 Å². The number of nitrogens with one attached hydrogen (secondary N) is 1. The number of amides is 2. The highest BCUT2D eigenvalue weighted by Crippen LogP contribution is 2.01. The molecule has 1 heterocycles. The van der Waals surface area contributed by atoms with Gasteiger partial charge in [-0.1, -0.05) is 0 Å². The largest absolute Gasteiger partial charge is 0.383 e. The van der Waals surface area contributed by atoms with E-state index in [9.17, 15) is 9.59 Å². The number of piperazine rings is 1. The molecule has 1 aliphatic rings. The number of ether oxygens (including phenoxy) is 1. The Morgan fingerprint density at radius 1 is 1.17 bits per heavy atom. The standard InChI is InChI=1S/C11H21N3O3.ClH/c1-10(15)13-4-6-14(7-5-13)11(16)9-12-3-8-17-2;/h12H,3-9H2,1-2H3;1H. The second-order valence-corrected chi connectivity index (χ2v) is 4.06. The lowest BCUT2D eigenvalue weighted by Gasteiger charge is -2.34. The third-order valence-corrected chi connectivity index (χ3v) is 2.84. The van der Waals surface area contributed by atoms with Crippen molar-refractivity contribution in [3.05, 3.63) is 0 Å². The van der Waals surface area contributed by atoms with E-state index in [2.05, 4.69) is 5.32 Å². The number of nitrogens with zero attached hydrogens (tertiary/aromatic N) is 2. The zero-order chi connectivity index (χ0) is 12.7. The first kappa shape index (κ1) is 17.2. The van der Waals surface area contributed by atoms with Crippen molar-refractivity contribution in [3.63, 3.8) is 0 Å². The van der Waals surface area contributed by atoms with Gasteiger partial charge in [0.2, 0.25) is 11.8 Å². The van der Waals surface area contributed by atoms with Crippen LogP contribution in [0.5, 0.6) is 0 Å². The first-order chi connectivity index (χ1) is 8.15. The van der Waals surface area contributed by atoms with E-state index < -0.39 is 0 Å². The maximum atomic E-state index is 11.8. The minimum absolute atomic E-state index is 0. The van der Waals surface area contributed by atoms with E-state index in [4.69, 9.17) is 4.74 Å². The topological polar surface area (TPSA) is 61.9 Å². The van der Waals surface area contributed by atoms with Gasteiger partial charge >= 0.3 is 0 Å². The van der Waals surface area contributed by atoms with Gasteiger partial charge in [0.05, 0.1) is 13.2 Å². The highest BCUT2D eigenvalue weighted by atomic mass is 35.5. The zero-order valence-corrected chi connectivity index (χ0v) is 11.8. The number of halogens is 1. The van der Waals surface area contributed by atoms with E-state index in [-0.39, 0.29) is 24.2 Å². The average Bonchev–Trinajstić information content (AvgIpc) is 2.34. The summed E-state index contributed by atoms with van der Waals surface area (Å²) < 4.78 is 4.88. The molecule has 18 heavy (non-hydrogen) atoms. The lowest BCUT2D eigenvalue weighted by atomic mass is 10.3. The Labute approximate surface area is 114 Å². The van der Waals surface area contributed by atoms with Crippen LogP contribution in [0, 0.1) is 0 Å². The van der Waals surface area contributed by atoms with Crippen LogP contribution in [0.2, 0.25) is 0 Å². The molecule has 6 nitrogen and oxygen atoms in total. The first-order valence-corrected chi connectivity index (χ1v) is 5.88. The number of carbonyl (C=O) groups excluding carboxylic acids is 2. The molecule has 0 radical (unpaired) electrons. The summed E-state index contributed by atoms with van der Waals surface area (Å²) in [4.78, 5) is 26.4. The fourth-order valence-electron chi connectivity index (χ4n) is 1.75. The normalized spacial score (nSPS) is 15.2. The van der Waals surface area contributed by atoms with Crippen LogP contribution >= 0.6 is 12.4 Å². The molecular weight excluding hydrogens is 258 g/mol. The molecule has 0 aromatic heterocycles. The first-order valence-electron chi connectivity index (χ1n) is 5.88. The Morgan fingerprint density at radius 3 is 2.22 bits per heavy atom. The highest BCUT2D eigenvalue weighted by Gasteiger charge is 2.21. The predicted molar refractivity (Wildman–Crippen MR) is 70.8 cm³/mol. The van der Waals surface area contributed by atoms with Crippen molar-refractivity contribution >= 4 is 24.2 Å². The summed E-state index contributed by atoms with van der Waals surface area (Å²) in [5.41, 5.74) is 0. The summed E-state index contributed by atoms with van der Waals surface area (Å²) >= 11 is 0. The Bertz CT molecular complexity index is 268. The summed E-state index contributed by atoms with van der Waals surface area (Å²) in [6.07, 6.45) is 0. The summed E-state index contributed by atoms with van der Waals surface area (Å²) in [5, 5.41) is 3.02. The van der Waals surface area contributed by atoms with Crippen LogP contribution in [0.4, 0.5) is 0 Å². The summed E-state index contributed by atoms with van der Waals surface area (Å²) in [6, 6.07) is 0. The Kier molecular flexibility index (Phi) is 8.70. The van der Waals surface area contributed by atoms with Crippen molar-refractivity contribution in [1.29, 1.82) is 0 Å². The molecule has 0 aliphatic carbocycles. The van der Waals surface area contributed by atoms with Crippen LogP contribution in [-0.2, 0) is 14.3 Å². The molecule has 2 amide bonds. The number of methoxy groups -OCH3 is 1. The molecule has 0 atom stereocenters. The van der Waals surface area contributed by atoms with Gasteiger partial charge in [0, 0.05) is 46.8 Å². The summed E-state index contributed by atoms with van der Waals surface area (Å²) in [7, 11) is 1.63. The number of rotatable bonds is 5. The molecule has 1 fully saturated rings. The summed E-state index contributed by atoms with van der Waals surface area (Å²) in [5.74, 6) is 0.166. The fourth-order valence-corrected chi connectivity index (χ4v) is 1.75. The molecule has 1 saturated heterocycles. The van der Waals surface area contributed by atoms with Crippen LogP contribution in [0.25, 0.3) is 0 Å². The van der Waals surface area contributed by atoms with Gasteiger partial charge < -0.3 is 19.9 Å². The van der Waals surface area contributed by atoms with Crippen LogP contribution in [0.1, 0.15) is 6.92 Å². The van der Waals surface area contributed by atoms with E-state index in [1.807, 2.05) is 0 Å². The van der Waals surface area contributed by atoms with E-state index in [0.717, 1.165) is 0 Å². The number of hydrogen-bond acceptors (Lipinski definition) is 4. The molecule has 1 aliphatic heterocycles. The van der Waals surface area contributed by atoms with Gasteiger partial charge in [0.25, 0.3) is 0 Å². The van der Waals surface area contributed by atoms with Gasteiger partial charge in [-0.25, -0.2) is 0 Å². The highest BCUT2D eigenvalue weighted by molar-refractivity contribution is 5.85. The van der Waals surface area contributed by atoms with E-state index in [0.29, 0.717) is 45.9 Å². The molecule has 0 bridgehead atoms. The van der Waals surface area contributed by atoms with Crippen molar-refractivity contribution in [2.75, 3.05) is 53.0 Å². The number of carbonyl (C=O) groups is 2. The van der Waals surface area contributed by atoms with Crippen molar-refractivity contribution in [1.82, 2.24) is 15.1 Å². The van der Waals surface area contributed by atoms with Crippen molar-refractivity contribution in [2.45, 2.75) is 6.92 Å². The average molecular weight is 280 g/mol. The molecule has 7 heteroatoms. The lowest BCUT2D eigenvalue weighted by molar-refractivity contribution is -0.137. The molecular formula is C11H22ClN3O3. The van der Waals surface area contributed by atoms with E-state index >= 15 is 0 Å². The molecule has 0 spiro atoms. The maximum absolute atomic E-state index is 11.8. The Morgan fingerprint density at radius 2 is 1.72 bits per heavy atom. The predicted octanol–water partition coefficient (Wildman–Crippen LogP) is -0.665. The molecule has 0 aromatic rings. The molecule has 0 unspecified atom stereocenters. The third kappa shape index (κ3) is 5.66. The van der Waals surface area contributed by atoms with Gasteiger partial charge in [-0.3, -0.25) is 9.59 Å². The Balaban J connectivity index is 0.00000289. The van der Waals surface area contributed by atoms with Crippen LogP contribution in [0.15, 0.2) is 0 Å². The minimum Gasteiger partial charge on any atom is -0.383 e. The van der Waals surface area contributed by atoms with Gasteiger partial charge in [0.15, 0.2) is 0 Å². The monoisotopic (exact) mass is 279 g/mol. The number of hydrogen-bond donors (Lipinski definition) is 1. The van der Waals surface area contributed by atoms with E-state index in [1.165, 1.54) is 0 Å². The lowest BCUT2D eigenvalue weighted by Crippen LogP contribution is -2.52. The van der Waals surface area contributed by atoms with Crippen molar-refractivity contribution < 1.29 is 14.3 Å². The summed E-state index contributed by atoms with van der Waals surface area (Å²) in [6.45, 7) is 5.71. The van der Waals surface area contributed by atoms with E-state index in [1.54, 1.807) is 23.8 Å². The smallest absolute Gasteiger partial charge is 0.236 e. The molecule has 0 aromatic carbocycles. The van der Waals surface area contributed by atoms with Crippen LogP contribution in [-0.4, -0.2) is 74.6 Å². The van der Waals surface area contributed by atoms with Gasteiger partial charge in [-0.15, -0.1) is 12.4 Å². The van der Waals surface area contributed by atoms with Crippen LogP contribution in [0.3, 0.4) is 0 Å². The second kappa shape index (κ2) is 9.13. The van der Waals surface area contributed by atoms with Crippen LogP contribution < -0.4 is 5.32 Å². The quantitative estimate of drug-likeness (QED) is 0.679. The zero-order valence-electron chi connectivity index (χ0n) is 11.0. The maximum Gasteiger partial charge on any atom is 0.236 e. The minimum atomic E-state index is 0. The van der Waals surface area contributed by atoms with Gasteiger partial charge in [-0.2, -0.15) is 0 Å². The fraction of sp³-hybridized carbons (Fsp3) is 0.818. The molecule has 1 rings (SSSR count). The Hall–Kier alpha value is -0.850. The SMILES string of the molecule is COCCNCC(=O)N1CCN(C(C)=O)CC1.Cl. The molecule has 106 valence electrons. The second-order valence-electron chi connectivity index (χ2n) is 4.06. The molecule has 1 N–H and O–H groups in total. The van der Waals surface area contributed by atoms with Crippen molar-refractivity contribution in [3.8, 4) is 0 Å². The molecule has 0 saturated carbocycles. The van der Waals surface area contributed by atoms with Gasteiger partial charge in [-0.05, 0) is 0 Å².